The summed E-state index contributed by atoms with van der Waals surface area (Å²) in [5.74, 6) is -0.148. The fraction of sp³-hybridized carbons (Fsp3) is 0.435. The Morgan fingerprint density at radius 3 is 2.03 bits per heavy atom. The third-order valence-electron chi connectivity index (χ3n) is 6.42. The maximum atomic E-state index is 12.9. The maximum absolute atomic E-state index is 12.9. The number of hydrogen-bond acceptors (Lipinski definition) is 7. The smallest absolute Gasteiger partial charge is 0.292 e. The molecule has 0 saturated carbocycles. The van der Waals surface area contributed by atoms with Crippen molar-refractivity contribution in [1.82, 2.24) is 4.90 Å². The van der Waals surface area contributed by atoms with E-state index in [0.717, 1.165) is 38.0 Å². The highest BCUT2D eigenvalue weighted by molar-refractivity contribution is 5.95. The number of aryl methyl sites for hydroxylation is 1. The SMILES string of the molecule is Cc1cc(C(=O)N2CCN(c3ccc([N+](=O)[O-])c(N4CCCCC4)c3)CC2)ccc1[N+](=O)[O-]. The van der Waals surface area contributed by atoms with Crippen molar-refractivity contribution in [3.63, 3.8) is 0 Å². The number of anilines is 2. The molecule has 0 aliphatic carbocycles. The van der Waals surface area contributed by atoms with Crippen LogP contribution in [0.3, 0.4) is 0 Å². The second-order valence-electron chi connectivity index (χ2n) is 8.52. The van der Waals surface area contributed by atoms with E-state index >= 15 is 0 Å². The lowest BCUT2D eigenvalue weighted by atomic mass is 10.1. The number of carbonyl (C=O) groups excluding carboxylic acids is 1. The molecule has 2 fully saturated rings. The van der Waals surface area contributed by atoms with Crippen LogP contribution in [0.15, 0.2) is 36.4 Å². The highest BCUT2D eigenvalue weighted by Crippen LogP contribution is 2.34. The molecule has 0 radical (unpaired) electrons. The average Bonchev–Trinajstić information content (AvgIpc) is 2.83. The first-order valence-electron chi connectivity index (χ1n) is 11.2. The molecule has 2 aliphatic rings. The van der Waals surface area contributed by atoms with Gasteiger partial charge in [0.25, 0.3) is 17.3 Å². The van der Waals surface area contributed by atoms with Gasteiger partial charge in [-0.25, -0.2) is 0 Å². The van der Waals surface area contributed by atoms with Crippen LogP contribution >= 0.6 is 0 Å². The Labute approximate surface area is 191 Å². The Kier molecular flexibility index (Phi) is 6.43. The predicted octanol–water partition coefficient (Wildman–Crippen LogP) is 3.76. The van der Waals surface area contributed by atoms with Crippen LogP contribution in [0.4, 0.5) is 22.7 Å². The molecule has 2 aliphatic heterocycles. The number of rotatable bonds is 5. The van der Waals surface area contributed by atoms with Crippen molar-refractivity contribution in [2.24, 2.45) is 0 Å². The maximum Gasteiger partial charge on any atom is 0.292 e. The Morgan fingerprint density at radius 1 is 0.788 bits per heavy atom. The quantitative estimate of drug-likeness (QED) is 0.500. The van der Waals surface area contributed by atoms with Crippen molar-refractivity contribution in [1.29, 1.82) is 0 Å². The highest BCUT2D eigenvalue weighted by Gasteiger charge is 2.26. The molecule has 2 saturated heterocycles. The number of benzene rings is 2. The van der Waals surface area contributed by atoms with Gasteiger partial charge in [0.15, 0.2) is 0 Å². The van der Waals surface area contributed by atoms with Gasteiger partial charge in [-0.1, -0.05) is 0 Å². The Balaban J connectivity index is 1.46. The average molecular weight is 453 g/mol. The van der Waals surface area contributed by atoms with Crippen LogP contribution in [0.5, 0.6) is 0 Å². The van der Waals surface area contributed by atoms with Gasteiger partial charge in [0.2, 0.25) is 0 Å². The van der Waals surface area contributed by atoms with Gasteiger partial charge in [-0.05, 0) is 50.5 Å². The molecule has 33 heavy (non-hydrogen) atoms. The number of piperidine rings is 1. The number of nitrogens with zero attached hydrogens (tertiary/aromatic N) is 5. The van der Waals surface area contributed by atoms with Crippen LogP contribution in [0.25, 0.3) is 0 Å². The summed E-state index contributed by atoms with van der Waals surface area (Å²) in [6.45, 7) is 5.49. The molecule has 2 aromatic carbocycles. The summed E-state index contributed by atoms with van der Waals surface area (Å²) in [6, 6.07) is 9.70. The van der Waals surface area contributed by atoms with Gasteiger partial charge in [0, 0.05) is 68.2 Å². The molecule has 1 amide bonds. The fourth-order valence-corrected chi connectivity index (χ4v) is 4.59. The lowest BCUT2D eigenvalue weighted by Gasteiger charge is -2.37. The number of piperazine rings is 1. The first kappa shape index (κ1) is 22.5. The molecule has 0 atom stereocenters. The molecule has 4 rings (SSSR count). The molecule has 0 spiro atoms. The minimum Gasteiger partial charge on any atom is -0.368 e. The van der Waals surface area contributed by atoms with E-state index in [2.05, 4.69) is 9.80 Å². The predicted molar refractivity (Wildman–Crippen MR) is 125 cm³/mol. The van der Waals surface area contributed by atoms with E-state index in [1.807, 2.05) is 6.07 Å². The van der Waals surface area contributed by atoms with Crippen molar-refractivity contribution < 1.29 is 14.6 Å². The first-order chi connectivity index (χ1) is 15.8. The van der Waals surface area contributed by atoms with Gasteiger partial charge >= 0.3 is 0 Å². The Morgan fingerprint density at radius 2 is 1.42 bits per heavy atom. The van der Waals surface area contributed by atoms with Crippen LogP contribution in [0.2, 0.25) is 0 Å². The normalized spacial score (nSPS) is 16.6. The molecule has 0 bridgehead atoms. The molecule has 10 nitrogen and oxygen atoms in total. The van der Waals surface area contributed by atoms with E-state index in [4.69, 9.17) is 0 Å². The summed E-state index contributed by atoms with van der Waals surface area (Å²) in [4.78, 5) is 40.7. The van der Waals surface area contributed by atoms with Crippen molar-refractivity contribution in [2.75, 3.05) is 49.1 Å². The second-order valence-corrected chi connectivity index (χ2v) is 8.52. The van der Waals surface area contributed by atoms with E-state index < -0.39 is 4.92 Å². The zero-order valence-electron chi connectivity index (χ0n) is 18.6. The standard InChI is InChI=1S/C23H27N5O5/c1-17-15-18(5-7-20(17)27(30)31)23(29)26-13-11-24(12-14-26)19-6-8-21(28(32)33)22(16-19)25-9-3-2-4-10-25/h5-8,15-16H,2-4,9-14H2,1H3. The second kappa shape index (κ2) is 9.43. The molecule has 2 heterocycles. The summed E-state index contributed by atoms with van der Waals surface area (Å²) in [5, 5.41) is 22.6. The Bertz CT molecular complexity index is 1070. The summed E-state index contributed by atoms with van der Waals surface area (Å²) >= 11 is 0. The minimum absolute atomic E-state index is 0.000880. The summed E-state index contributed by atoms with van der Waals surface area (Å²) in [6.07, 6.45) is 3.21. The van der Waals surface area contributed by atoms with E-state index in [0.29, 0.717) is 43.0 Å². The highest BCUT2D eigenvalue weighted by atomic mass is 16.6. The van der Waals surface area contributed by atoms with Gasteiger partial charge in [-0.15, -0.1) is 0 Å². The van der Waals surface area contributed by atoms with Crippen molar-refractivity contribution in [3.8, 4) is 0 Å². The van der Waals surface area contributed by atoms with Crippen LogP contribution in [-0.2, 0) is 0 Å². The number of nitro groups is 2. The molecule has 2 aromatic rings. The van der Waals surface area contributed by atoms with Crippen LogP contribution in [0.1, 0.15) is 35.2 Å². The lowest BCUT2D eigenvalue weighted by molar-refractivity contribution is -0.385. The van der Waals surface area contributed by atoms with Gasteiger partial charge in [0.05, 0.1) is 9.85 Å². The van der Waals surface area contributed by atoms with Gasteiger partial charge in [-0.2, -0.15) is 0 Å². The molecular formula is C23H27N5O5. The van der Waals surface area contributed by atoms with Crippen LogP contribution < -0.4 is 9.80 Å². The number of nitro benzene ring substituents is 2. The number of amides is 1. The van der Waals surface area contributed by atoms with Gasteiger partial charge in [0.1, 0.15) is 5.69 Å². The van der Waals surface area contributed by atoms with Crippen LogP contribution in [-0.4, -0.2) is 59.9 Å². The van der Waals surface area contributed by atoms with E-state index in [-0.39, 0.29) is 22.2 Å². The lowest BCUT2D eigenvalue weighted by Crippen LogP contribution is -2.48. The molecule has 174 valence electrons. The van der Waals surface area contributed by atoms with Crippen LogP contribution in [0, 0.1) is 27.2 Å². The van der Waals surface area contributed by atoms with E-state index in [1.165, 1.54) is 12.1 Å². The van der Waals surface area contributed by atoms with Crippen molar-refractivity contribution in [3.05, 3.63) is 67.8 Å². The molecule has 10 heteroatoms. The van der Waals surface area contributed by atoms with Crippen molar-refractivity contribution >= 4 is 28.7 Å². The number of hydrogen-bond donors (Lipinski definition) is 0. The third kappa shape index (κ3) is 4.74. The van der Waals surface area contributed by atoms with Gasteiger partial charge < -0.3 is 14.7 Å². The van der Waals surface area contributed by atoms with Crippen molar-refractivity contribution in [2.45, 2.75) is 26.2 Å². The Hall–Kier alpha value is -3.69. The topological polar surface area (TPSA) is 113 Å². The monoisotopic (exact) mass is 453 g/mol. The molecular weight excluding hydrogens is 426 g/mol. The summed E-state index contributed by atoms with van der Waals surface area (Å²) < 4.78 is 0. The first-order valence-corrected chi connectivity index (χ1v) is 11.2. The third-order valence-corrected chi connectivity index (χ3v) is 6.42. The van der Waals surface area contributed by atoms with E-state index in [1.54, 1.807) is 30.0 Å². The zero-order valence-corrected chi connectivity index (χ0v) is 18.6. The molecule has 0 N–H and O–H groups in total. The largest absolute Gasteiger partial charge is 0.368 e. The molecule has 0 unspecified atom stereocenters. The fourth-order valence-electron chi connectivity index (χ4n) is 4.59. The van der Waals surface area contributed by atoms with Gasteiger partial charge in [-0.3, -0.25) is 25.0 Å². The van der Waals surface area contributed by atoms with E-state index in [9.17, 15) is 25.0 Å². The zero-order chi connectivity index (χ0) is 23.5. The minimum atomic E-state index is -0.454. The summed E-state index contributed by atoms with van der Waals surface area (Å²) in [7, 11) is 0. The molecule has 0 aromatic heterocycles. The summed E-state index contributed by atoms with van der Waals surface area (Å²) in [5.41, 5.74) is 2.61. The number of carbonyl (C=O) groups is 1.